The van der Waals surface area contributed by atoms with Gasteiger partial charge in [0.2, 0.25) is 0 Å². The lowest BCUT2D eigenvalue weighted by Gasteiger charge is -2.05. The third-order valence-electron chi connectivity index (χ3n) is 4.28. The normalized spacial score (nSPS) is 10.5. The topological polar surface area (TPSA) is 83.6 Å². The van der Waals surface area contributed by atoms with Crippen LogP contribution in [0.15, 0.2) is 73.1 Å². The van der Waals surface area contributed by atoms with E-state index in [2.05, 4.69) is 26.2 Å². The molecule has 0 spiro atoms. The van der Waals surface area contributed by atoms with E-state index in [1.807, 2.05) is 42.6 Å². The molecule has 6 nitrogen and oxygen atoms in total. The van der Waals surface area contributed by atoms with Crippen LogP contribution in [-0.4, -0.2) is 20.7 Å². The fraction of sp³-hybridized carbons (Fsp3) is 0.0476. The lowest BCUT2D eigenvalue weighted by Crippen LogP contribution is -2.13. The van der Waals surface area contributed by atoms with Crippen LogP contribution in [0.3, 0.4) is 0 Å². The molecule has 0 fully saturated rings. The minimum absolute atomic E-state index is 0.265. The van der Waals surface area contributed by atoms with Crippen molar-refractivity contribution in [1.29, 1.82) is 5.26 Å². The number of aromatic nitrogens is 3. The van der Waals surface area contributed by atoms with Crippen LogP contribution in [0.1, 0.15) is 21.6 Å². The number of amides is 1. The Kier molecular flexibility index (Phi) is 4.33. The van der Waals surface area contributed by atoms with E-state index < -0.39 is 0 Å². The minimum Gasteiger partial charge on any atom is -0.341 e. The summed E-state index contributed by atoms with van der Waals surface area (Å²) in [5, 5.41) is 20.4. The van der Waals surface area contributed by atoms with Crippen LogP contribution >= 0.6 is 0 Å². The number of benzene rings is 2. The Morgan fingerprint density at radius 3 is 2.63 bits per heavy atom. The van der Waals surface area contributed by atoms with Crippen molar-refractivity contribution in [2.75, 3.05) is 5.32 Å². The summed E-state index contributed by atoms with van der Waals surface area (Å²) in [5.41, 5.74) is 3.70. The van der Waals surface area contributed by atoms with Gasteiger partial charge in [-0.3, -0.25) is 4.79 Å². The van der Waals surface area contributed by atoms with Gasteiger partial charge in [-0.25, -0.2) is 0 Å². The quantitative estimate of drug-likeness (QED) is 0.607. The summed E-state index contributed by atoms with van der Waals surface area (Å²) < 4.78 is 2.07. The van der Waals surface area contributed by atoms with E-state index in [0.29, 0.717) is 12.1 Å². The van der Waals surface area contributed by atoms with Crippen LogP contribution in [0.2, 0.25) is 0 Å². The van der Waals surface area contributed by atoms with Crippen molar-refractivity contribution in [3.63, 3.8) is 0 Å². The standard InChI is InChI=1S/C21H15N5O/c22-12-15-7-9-16(10-8-15)13-26-14-19(17-4-1-2-6-20(17)26)24-21(27)18-5-3-11-23-25-18/h1-11,14H,13H2,(H,24,27). The molecule has 0 saturated heterocycles. The van der Waals surface area contributed by atoms with Gasteiger partial charge in [-0.05, 0) is 35.9 Å². The molecular formula is C21H15N5O. The third-order valence-corrected chi connectivity index (χ3v) is 4.28. The smallest absolute Gasteiger partial charge is 0.276 e. The largest absolute Gasteiger partial charge is 0.341 e. The highest BCUT2D eigenvalue weighted by atomic mass is 16.1. The van der Waals surface area contributed by atoms with Gasteiger partial charge in [0.05, 0.1) is 22.8 Å². The van der Waals surface area contributed by atoms with Crippen molar-refractivity contribution in [1.82, 2.24) is 14.8 Å². The van der Waals surface area contributed by atoms with Crippen LogP contribution in [0.5, 0.6) is 0 Å². The van der Waals surface area contributed by atoms with E-state index in [1.54, 1.807) is 24.3 Å². The molecule has 0 bridgehead atoms. The van der Waals surface area contributed by atoms with E-state index in [9.17, 15) is 4.79 Å². The molecule has 130 valence electrons. The average molecular weight is 353 g/mol. The van der Waals surface area contributed by atoms with Crippen LogP contribution in [0.25, 0.3) is 10.9 Å². The Balaban J connectivity index is 1.66. The second-order valence-corrected chi connectivity index (χ2v) is 6.06. The second-order valence-electron chi connectivity index (χ2n) is 6.06. The highest BCUT2D eigenvalue weighted by molar-refractivity contribution is 6.08. The van der Waals surface area contributed by atoms with Gasteiger partial charge in [0, 0.05) is 24.3 Å². The molecule has 0 aliphatic carbocycles. The van der Waals surface area contributed by atoms with Gasteiger partial charge in [-0.15, -0.1) is 5.10 Å². The Hall–Kier alpha value is -3.98. The number of carbonyl (C=O) groups is 1. The van der Waals surface area contributed by atoms with Crippen molar-refractivity contribution in [2.24, 2.45) is 0 Å². The van der Waals surface area contributed by atoms with Crippen LogP contribution in [0, 0.1) is 11.3 Å². The number of anilines is 1. The molecule has 2 heterocycles. The number of nitriles is 1. The predicted octanol–water partition coefficient (Wildman–Crippen LogP) is 3.60. The number of fused-ring (bicyclic) bond motifs is 1. The molecule has 0 aliphatic heterocycles. The van der Waals surface area contributed by atoms with Crippen molar-refractivity contribution in [3.05, 3.63) is 89.9 Å². The monoisotopic (exact) mass is 353 g/mol. The molecule has 0 atom stereocenters. The number of hydrogen-bond donors (Lipinski definition) is 1. The van der Waals surface area contributed by atoms with Crippen molar-refractivity contribution < 1.29 is 4.79 Å². The van der Waals surface area contributed by atoms with Crippen molar-refractivity contribution in [2.45, 2.75) is 6.54 Å². The molecule has 2 aromatic heterocycles. The summed E-state index contributed by atoms with van der Waals surface area (Å²) in [6, 6.07) is 20.8. The van der Waals surface area contributed by atoms with Gasteiger partial charge in [-0.1, -0.05) is 30.3 Å². The van der Waals surface area contributed by atoms with E-state index in [0.717, 1.165) is 22.2 Å². The maximum atomic E-state index is 12.4. The highest BCUT2D eigenvalue weighted by Gasteiger charge is 2.13. The van der Waals surface area contributed by atoms with Crippen molar-refractivity contribution >= 4 is 22.5 Å². The summed E-state index contributed by atoms with van der Waals surface area (Å²) in [4.78, 5) is 12.4. The second kappa shape index (κ2) is 7.10. The molecule has 2 aromatic carbocycles. The summed E-state index contributed by atoms with van der Waals surface area (Å²) in [6.45, 7) is 0.632. The molecule has 0 aliphatic rings. The molecule has 0 unspecified atom stereocenters. The molecule has 27 heavy (non-hydrogen) atoms. The third kappa shape index (κ3) is 3.39. The summed E-state index contributed by atoms with van der Waals surface area (Å²) >= 11 is 0. The number of para-hydroxylation sites is 1. The number of hydrogen-bond acceptors (Lipinski definition) is 4. The minimum atomic E-state index is -0.302. The Bertz CT molecular complexity index is 1140. The maximum absolute atomic E-state index is 12.4. The van der Waals surface area contributed by atoms with Crippen LogP contribution in [-0.2, 0) is 6.54 Å². The molecule has 0 saturated carbocycles. The van der Waals surface area contributed by atoms with Gasteiger partial charge in [0.1, 0.15) is 0 Å². The SMILES string of the molecule is N#Cc1ccc(Cn2cc(NC(=O)c3cccnn3)c3ccccc32)cc1. The molecular weight excluding hydrogens is 338 g/mol. The lowest BCUT2D eigenvalue weighted by molar-refractivity contribution is 0.102. The van der Waals surface area contributed by atoms with E-state index >= 15 is 0 Å². The number of rotatable bonds is 4. The molecule has 1 N–H and O–H groups in total. The fourth-order valence-electron chi connectivity index (χ4n) is 2.97. The number of nitrogens with zero attached hydrogens (tertiary/aromatic N) is 4. The Morgan fingerprint density at radius 2 is 1.89 bits per heavy atom. The molecule has 0 radical (unpaired) electrons. The summed E-state index contributed by atoms with van der Waals surface area (Å²) in [6.07, 6.45) is 3.44. The molecule has 4 aromatic rings. The zero-order chi connectivity index (χ0) is 18.6. The first-order valence-electron chi connectivity index (χ1n) is 8.40. The van der Waals surface area contributed by atoms with Gasteiger partial charge in [-0.2, -0.15) is 10.4 Å². The van der Waals surface area contributed by atoms with Gasteiger partial charge < -0.3 is 9.88 Å². The predicted molar refractivity (Wildman–Crippen MR) is 102 cm³/mol. The zero-order valence-electron chi connectivity index (χ0n) is 14.3. The Labute approximate surface area is 155 Å². The average Bonchev–Trinajstić information content (AvgIpc) is 3.06. The molecule has 1 amide bonds. The number of nitrogens with one attached hydrogen (secondary N) is 1. The zero-order valence-corrected chi connectivity index (χ0v) is 14.3. The Morgan fingerprint density at radius 1 is 1.07 bits per heavy atom. The van der Waals surface area contributed by atoms with Crippen molar-refractivity contribution in [3.8, 4) is 6.07 Å². The van der Waals surface area contributed by atoms with E-state index in [-0.39, 0.29) is 11.6 Å². The van der Waals surface area contributed by atoms with E-state index in [4.69, 9.17) is 5.26 Å². The van der Waals surface area contributed by atoms with Gasteiger partial charge in [0.15, 0.2) is 5.69 Å². The maximum Gasteiger partial charge on any atom is 0.276 e. The van der Waals surface area contributed by atoms with E-state index in [1.165, 1.54) is 6.20 Å². The van der Waals surface area contributed by atoms with Gasteiger partial charge in [0.25, 0.3) is 5.91 Å². The summed E-state index contributed by atoms with van der Waals surface area (Å²) in [5.74, 6) is -0.302. The number of carbonyl (C=O) groups excluding carboxylic acids is 1. The van der Waals surface area contributed by atoms with Crippen LogP contribution < -0.4 is 5.32 Å². The summed E-state index contributed by atoms with van der Waals surface area (Å²) in [7, 11) is 0. The molecule has 6 heteroatoms. The fourth-order valence-corrected chi connectivity index (χ4v) is 2.97. The van der Waals surface area contributed by atoms with Gasteiger partial charge >= 0.3 is 0 Å². The highest BCUT2D eigenvalue weighted by Crippen LogP contribution is 2.27. The first kappa shape index (κ1) is 16.5. The van der Waals surface area contributed by atoms with Crippen LogP contribution in [0.4, 0.5) is 5.69 Å². The lowest BCUT2D eigenvalue weighted by atomic mass is 10.1. The first-order chi connectivity index (χ1) is 13.2. The first-order valence-corrected chi connectivity index (χ1v) is 8.40. The molecule has 4 rings (SSSR count).